The number of carbonyl (C=O) groups is 2. The topological polar surface area (TPSA) is 86.2 Å². The number of benzene rings is 2. The molecule has 0 aliphatic heterocycles. The summed E-state index contributed by atoms with van der Waals surface area (Å²) in [5, 5.41) is 5.76. The van der Waals surface area contributed by atoms with Gasteiger partial charge in [-0.3, -0.25) is 4.79 Å². The van der Waals surface area contributed by atoms with Crippen molar-refractivity contribution >= 4 is 29.4 Å². The minimum Gasteiger partial charge on any atom is -0.490 e. The van der Waals surface area contributed by atoms with Crippen LogP contribution in [-0.2, 0) is 4.79 Å². The minimum atomic E-state index is -0.446. The Balaban J connectivity index is 1.54. The van der Waals surface area contributed by atoms with E-state index in [1.807, 2.05) is 31.2 Å². The molecule has 0 aliphatic carbocycles. The van der Waals surface area contributed by atoms with Crippen molar-refractivity contribution in [3.63, 3.8) is 0 Å². The Kier molecular flexibility index (Phi) is 8.60. The molecule has 0 saturated heterocycles. The van der Waals surface area contributed by atoms with Crippen molar-refractivity contribution in [2.45, 2.75) is 26.7 Å². The first-order chi connectivity index (χ1) is 16.0. The van der Waals surface area contributed by atoms with E-state index in [1.165, 1.54) is 23.1 Å². The van der Waals surface area contributed by atoms with Crippen LogP contribution >= 0.6 is 11.3 Å². The lowest BCUT2D eigenvalue weighted by Gasteiger charge is -2.11. The molecule has 1 aromatic heterocycles. The fourth-order valence-corrected chi connectivity index (χ4v) is 3.41. The molecule has 33 heavy (non-hydrogen) atoms. The van der Waals surface area contributed by atoms with Crippen molar-refractivity contribution in [2.24, 2.45) is 5.10 Å². The first-order valence-corrected chi connectivity index (χ1v) is 11.4. The molecule has 0 unspecified atom stereocenters. The summed E-state index contributed by atoms with van der Waals surface area (Å²) in [6.07, 6.45) is 1.47. The smallest absolute Gasteiger partial charge is 0.353 e. The second kappa shape index (κ2) is 11.8. The van der Waals surface area contributed by atoms with Crippen molar-refractivity contribution in [3.05, 3.63) is 76.0 Å². The molecule has 0 spiro atoms. The molecular weight excluding hydrogens is 440 g/mol. The number of hydrogen-bond acceptors (Lipinski definition) is 7. The summed E-state index contributed by atoms with van der Waals surface area (Å²) in [6, 6.07) is 16.1. The number of thiophene rings is 1. The van der Waals surface area contributed by atoms with Gasteiger partial charge < -0.3 is 14.2 Å². The molecule has 3 rings (SSSR count). The molecule has 1 N–H and O–H groups in total. The monoisotopic (exact) mass is 466 g/mol. The van der Waals surface area contributed by atoms with Crippen LogP contribution in [0, 0.1) is 0 Å². The maximum atomic E-state index is 12.2. The lowest BCUT2D eigenvalue weighted by atomic mass is 10.0. The third-order valence-electron chi connectivity index (χ3n) is 4.51. The summed E-state index contributed by atoms with van der Waals surface area (Å²) in [7, 11) is 0. The third-order valence-corrected chi connectivity index (χ3v) is 5.36. The number of ether oxygens (including phenoxy) is 3. The Labute approximate surface area is 197 Å². The van der Waals surface area contributed by atoms with Gasteiger partial charge in [-0.15, -0.1) is 11.3 Å². The maximum absolute atomic E-state index is 12.2. The lowest BCUT2D eigenvalue weighted by molar-refractivity contribution is -0.123. The number of hydrogen-bond donors (Lipinski definition) is 1. The zero-order valence-electron chi connectivity index (χ0n) is 18.7. The number of rotatable bonds is 10. The highest BCUT2D eigenvalue weighted by atomic mass is 32.1. The van der Waals surface area contributed by atoms with Crippen LogP contribution in [0.4, 0.5) is 0 Å². The molecule has 1 heterocycles. The number of nitrogens with zero attached hydrogens (tertiary/aromatic N) is 1. The van der Waals surface area contributed by atoms with Crippen molar-refractivity contribution < 1.29 is 23.8 Å². The molecule has 0 aliphatic rings. The van der Waals surface area contributed by atoms with E-state index in [9.17, 15) is 9.59 Å². The molecule has 1 amide bonds. The predicted molar refractivity (Wildman–Crippen MR) is 129 cm³/mol. The minimum absolute atomic E-state index is 0.153. The van der Waals surface area contributed by atoms with Gasteiger partial charge in [-0.2, -0.15) is 5.10 Å². The van der Waals surface area contributed by atoms with E-state index < -0.39 is 5.97 Å². The van der Waals surface area contributed by atoms with Gasteiger partial charge in [0.05, 0.1) is 12.8 Å². The summed E-state index contributed by atoms with van der Waals surface area (Å²) in [5.41, 5.74) is 4.30. The molecule has 8 heteroatoms. The fraction of sp³-hybridized carbons (Fsp3) is 0.240. The average molecular weight is 467 g/mol. The largest absolute Gasteiger partial charge is 0.490 e. The van der Waals surface area contributed by atoms with Gasteiger partial charge >= 0.3 is 5.97 Å². The molecule has 3 aromatic rings. The second-order valence-electron chi connectivity index (χ2n) is 7.31. The SMILES string of the molecule is CCOc1cc(/C=N/NC(=O)COc2ccc(C(C)C)cc2)ccc1OC(=O)c1cccs1. The van der Waals surface area contributed by atoms with Crippen molar-refractivity contribution in [2.75, 3.05) is 13.2 Å². The second-order valence-corrected chi connectivity index (χ2v) is 8.26. The van der Waals surface area contributed by atoms with Crippen LogP contribution in [0.25, 0.3) is 0 Å². The third kappa shape index (κ3) is 7.18. The van der Waals surface area contributed by atoms with E-state index in [1.54, 1.807) is 35.7 Å². The van der Waals surface area contributed by atoms with Crippen LogP contribution in [0.3, 0.4) is 0 Å². The molecule has 0 saturated carbocycles. The Bertz CT molecular complexity index is 1090. The molecule has 0 radical (unpaired) electrons. The van der Waals surface area contributed by atoms with Gasteiger partial charge in [0, 0.05) is 0 Å². The van der Waals surface area contributed by atoms with Gasteiger partial charge in [-0.1, -0.05) is 32.0 Å². The number of esters is 1. The Hall–Kier alpha value is -3.65. The summed E-state index contributed by atoms with van der Waals surface area (Å²) in [6.45, 7) is 6.31. The highest BCUT2D eigenvalue weighted by molar-refractivity contribution is 7.12. The first-order valence-electron chi connectivity index (χ1n) is 10.5. The number of hydrazone groups is 1. The zero-order valence-corrected chi connectivity index (χ0v) is 19.6. The average Bonchev–Trinajstić information content (AvgIpc) is 3.35. The van der Waals surface area contributed by atoms with Gasteiger partial charge in [0.25, 0.3) is 5.91 Å². The van der Waals surface area contributed by atoms with Gasteiger partial charge in [0.1, 0.15) is 10.6 Å². The summed E-state index contributed by atoms with van der Waals surface area (Å²) < 4.78 is 16.5. The molecular formula is C25H26N2O5S. The van der Waals surface area contributed by atoms with Gasteiger partial charge in [0.2, 0.25) is 0 Å². The number of amides is 1. The zero-order chi connectivity index (χ0) is 23.6. The highest BCUT2D eigenvalue weighted by Gasteiger charge is 2.14. The Morgan fingerprint density at radius 3 is 2.52 bits per heavy atom. The molecule has 7 nitrogen and oxygen atoms in total. The van der Waals surface area contributed by atoms with Crippen LogP contribution < -0.4 is 19.6 Å². The highest BCUT2D eigenvalue weighted by Crippen LogP contribution is 2.29. The normalized spacial score (nSPS) is 10.9. The molecule has 0 atom stereocenters. The van der Waals surface area contributed by atoms with Gasteiger partial charge in [-0.05, 0) is 65.7 Å². The first kappa shape index (κ1) is 24.0. The van der Waals surface area contributed by atoms with E-state index >= 15 is 0 Å². The van der Waals surface area contributed by atoms with E-state index in [4.69, 9.17) is 14.2 Å². The van der Waals surface area contributed by atoms with E-state index in [0.717, 1.165) is 0 Å². The van der Waals surface area contributed by atoms with E-state index in [-0.39, 0.29) is 12.5 Å². The van der Waals surface area contributed by atoms with Crippen LogP contribution in [0.5, 0.6) is 17.2 Å². The summed E-state index contributed by atoms with van der Waals surface area (Å²) in [4.78, 5) is 24.7. The number of nitrogens with one attached hydrogen (secondary N) is 1. The van der Waals surface area contributed by atoms with Crippen LogP contribution in [-0.4, -0.2) is 31.3 Å². The molecule has 2 aromatic carbocycles. The maximum Gasteiger partial charge on any atom is 0.353 e. The van der Waals surface area contributed by atoms with Crippen molar-refractivity contribution in [1.29, 1.82) is 0 Å². The quantitative estimate of drug-likeness (QED) is 0.196. The van der Waals surface area contributed by atoms with Crippen LogP contribution in [0.2, 0.25) is 0 Å². The van der Waals surface area contributed by atoms with Gasteiger partial charge in [0.15, 0.2) is 18.1 Å². The lowest BCUT2D eigenvalue weighted by Crippen LogP contribution is -2.24. The fourth-order valence-electron chi connectivity index (χ4n) is 2.81. The summed E-state index contributed by atoms with van der Waals surface area (Å²) in [5.74, 6) is 0.943. The van der Waals surface area contributed by atoms with Gasteiger partial charge in [-0.25, -0.2) is 10.2 Å². The summed E-state index contributed by atoms with van der Waals surface area (Å²) >= 11 is 1.30. The Morgan fingerprint density at radius 2 is 1.85 bits per heavy atom. The van der Waals surface area contributed by atoms with Crippen LogP contribution in [0.15, 0.2) is 65.1 Å². The molecule has 0 bridgehead atoms. The molecule has 0 fully saturated rings. The van der Waals surface area contributed by atoms with E-state index in [2.05, 4.69) is 24.4 Å². The Morgan fingerprint density at radius 1 is 1.06 bits per heavy atom. The number of carbonyl (C=O) groups excluding carboxylic acids is 2. The van der Waals surface area contributed by atoms with Crippen molar-refractivity contribution in [1.82, 2.24) is 5.43 Å². The molecule has 172 valence electrons. The standard InChI is InChI=1S/C25H26N2O5S/c1-4-30-22-14-18(7-12-21(22)32-25(29)23-6-5-13-33-23)15-26-27-24(28)16-31-20-10-8-19(9-11-20)17(2)3/h5-15,17H,4,16H2,1-3H3,(H,27,28)/b26-15+. The van der Waals surface area contributed by atoms with E-state index in [0.29, 0.717) is 40.2 Å². The van der Waals surface area contributed by atoms with Crippen LogP contribution in [0.1, 0.15) is 47.5 Å². The van der Waals surface area contributed by atoms with Crippen molar-refractivity contribution in [3.8, 4) is 17.2 Å². The predicted octanol–water partition coefficient (Wildman–Crippen LogP) is 5.02.